The van der Waals surface area contributed by atoms with E-state index in [9.17, 15) is 0 Å². The highest BCUT2D eigenvalue weighted by Gasteiger charge is 2.52. The van der Waals surface area contributed by atoms with Crippen LogP contribution in [-0.4, -0.2) is 11.7 Å². The molecule has 0 fully saturated rings. The normalized spacial score (nSPS) is 13.3. The molecule has 0 bridgehead atoms. The molecular formula is C23H19BN4O+2. The number of benzene rings is 1. The Morgan fingerprint density at radius 2 is 1.55 bits per heavy atom. The van der Waals surface area contributed by atoms with Crippen LogP contribution in [0.5, 0.6) is 11.5 Å². The van der Waals surface area contributed by atoms with Gasteiger partial charge in [-0.1, -0.05) is 18.2 Å². The fourth-order valence-electron chi connectivity index (χ4n) is 4.68. The topological polar surface area (TPSA) is 33.1 Å². The molecule has 4 aromatic rings. The minimum Gasteiger partial charge on any atom is -0.451 e. The van der Waals surface area contributed by atoms with Gasteiger partial charge in [-0.25, -0.2) is 9.13 Å². The second kappa shape index (κ2) is 5.91. The number of hydrogen-bond acceptors (Lipinski definition) is 3. The molecule has 0 spiro atoms. The minimum atomic E-state index is 0.0686. The Kier molecular flexibility index (Phi) is 3.32. The van der Waals surface area contributed by atoms with E-state index in [0.717, 1.165) is 39.6 Å². The van der Waals surface area contributed by atoms with E-state index >= 15 is 0 Å². The zero-order valence-electron chi connectivity index (χ0n) is 16.3. The van der Waals surface area contributed by atoms with Crippen LogP contribution in [0.3, 0.4) is 0 Å². The number of aromatic nitrogens is 3. The molecule has 6 rings (SSSR count). The highest BCUT2D eigenvalue weighted by molar-refractivity contribution is 6.97. The average Bonchev–Trinajstić information content (AvgIpc) is 2.74. The van der Waals surface area contributed by atoms with E-state index in [-0.39, 0.29) is 6.71 Å². The molecule has 0 N–H and O–H groups in total. The van der Waals surface area contributed by atoms with Crippen LogP contribution in [0.1, 0.15) is 0 Å². The Balaban J connectivity index is 1.74. The molecule has 5 heterocycles. The molecule has 29 heavy (non-hydrogen) atoms. The minimum absolute atomic E-state index is 0.0686. The lowest BCUT2D eigenvalue weighted by Gasteiger charge is -2.35. The van der Waals surface area contributed by atoms with Gasteiger partial charge in [0, 0.05) is 23.3 Å². The molecule has 0 unspecified atom stereocenters. The van der Waals surface area contributed by atoms with Gasteiger partial charge in [0.25, 0.3) is 0 Å². The van der Waals surface area contributed by atoms with E-state index in [1.807, 2.05) is 30.6 Å². The van der Waals surface area contributed by atoms with Gasteiger partial charge in [0.2, 0.25) is 0 Å². The summed E-state index contributed by atoms with van der Waals surface area (Å²) < 4.78 is 10.7. The summed E-state index contributed by atoms with van der Waals surface area (Å²) in [6.07, 6.45) is 7.98. The zero-order chi connectivity index (χ0) is 19.5. The second-order valence-corrected chi connectivity index (χ2v) is 7.53. The maximum Gasteiger partial charge on any atom is 0.419 e. The van der Waals surface area contributed by atoms with Gasteiger partial charge in [0.15, 0.2) is 29.3 Å². The van der Waals surface area contributed by atoms with Crippen molar-refractivity contribution in [1.82, 2.24) is 4.98 Å². The van der Waals surface area contributed by atoms with Gasteiger partial charge < -0.3 is 9.64 Å². The smallest absolute Gasteiger partial charge is 0.419 e. The summed E-state index contributed by atoms with van der Waals surface area (Å²) in [6.45, 7) is 0.0686. The van der Waals surface area contributed by atoms with E-state index in [0.29, 0.717) is 0 Å². The van der Waals surface area contributed by atoms with E-state index < -0.39 is 0 Å². The highest BCUT2D eigenvalue weighted by atomic mass is 16.5. The SMILES string of the molecule is C[n+]1cccc2c1B1c3c(cncc3N(c3ccccc3)c3ccc[n+](C)c31)O2. The van der Waals surface area contributed by atoms with Crippen LogP contribution in [0.4, 0.5) is 17.1 Å². The molecule has 2 aliphatic heterocycles. The lowest BCUT2D eigenvalue weighted by atomic mass is 9.37. The molecule has 3 aromatic heterocycles. The highest BCUT2D eigenvalue weighted by Crippen LogP contribution is 2.38. The number of ether oxygens (including phenoxy) is 1. The fraction of sp³-hybridized carbons (Fsp3) is 0.0870. The van der Waals surface area contributed by atoms with Crippen molar-refractivity contribution in [2.75, 3.05) is 4.90 Å². The van der Waals surface area contributed by atoms with Gasteiger partial charge in [0.05, 0.1) is 18.1 Å². The van der Waals surface area contributed by atoms with Gasteiger partial charge in [-0.15, -0.1) is 0 Å². The molecular weight excluding hydrogens is 359 g/mol. The van der Waals surface area contributed by atoms with Crippen molar-refractivity contribution in [2.45, 2.75) is 0 Å². The van der Waals surface area contributed by atoms with Crippen LogP contribution in [0.15, 0.2) is 79.4 Å². The monoisotopic (exact) mass is 378 g/mol. The number of rotatable bonds is 1. The van der Waals surface area contributed by atoms with Crippen LogP contribution < -0.4 is 35.4 Å². The van der Waals surface area contributed by atoms with E-state index in [2.05, 4.69) is 81.9 Å². The molecule has 0 saturated heterocycles. The number of nitrogens with zero attached hydrogens (tertiary/aromatic N) is 4. The lowest BCUT2D eigenvalue weighted by molar-refractivity contribution is -0.658. The fourth-order valence-corrected chi connectivity index (χ4v) is 4.68. The molecule has 5 nitrogen and oxygen atoms in total. The lowest BCUT2D eigenvalue weighted by Crippen LogP contribution is -2.74. The van der Waals surface area contributed by atoms with Gasteiger partial charge in [-0.3, -0.25) is 4.98 Å². The maximum absolute atomic E-state index is 6.32. The molecule has 138 valence electrons. The van der Waals surface area contributed by atoms with Crippen molar-refractivity contribution in [1.29, 1.82) is 0 Å². The number of aryl methyl sites for hydroxylation is 2. The summed E-state index contributed by atoms with van der Waals surface area (Å²) in [5, 5.41) is 0. The first-order chi connectivity index (χ1) is 14.2. The molecule has 0 amide bonds. The quantitative estimate of drug-likeness (QED) is 0.318. The third-order valence-corrected chi connectivity index (χ3v) is 5.88. The number of para-hydroxylation sites is 1. The molecule has 1 aromatic carbocycles. The number of hydrogen-bond donors (Lipinski definition) is 0. The van der Waals surface area contributed by atoms with Gasteiger partial charge in [-0.2, -0.15) is 0 Å². The first-order valence-corrected chi connectivity index (χ1v) is 9.72. The number of anilines is 3. The van der Waals surface area contributed by atoms with Crippen molar-refractivity contribution in [3.8, 4) is 11.5 Å². The third-order valence-electron chi connectivity index (χ3n) is 5.88. The molecule has 0 radical (unpaired) electrons. The number of pyridine rings is 3. The Hall–Kier alpha value is -3.67. The van der Waals surface area contributed by atoms with Crippen LogP contribution in [0, 0.1) is 0 Å². The Labute approximate surface area is 169 Å². The summed E-state index contributed by atoms with van der Waals surface area (Å²) in [7, 11) is 4.20. The van der Waals surface area contributed by atoms with Crippen molar-refractivity contribution < 1.29 is 13.9 Å². The molecule has 6 heteroatoms. The summed E-state index contributed by atoms with van der Waals surface area (Å²) in [5.74, 6) is 1.70. The first-order valence-electron chi connectivity index (χ1n) is 9.72. The molecule has 0 atom stereocenters. The predicted molar refractivity (Wildman–Crippen MR) is 112 cm³/mol. The largest absolute Gasteiger partial charge is 0.451 e. The van der Waals surface area contributed by atoms with Crippen molar-refractivity contribution >= 4 is 40.4 Å². The van der Waals surface area contributed by atoms with Crippen molar-refractivity contribution in [3.63, 3.8) is 0 Å². The summed E-state index contributed by atoms with van der Waals surface area (Å²) in [4.78, 5) is 6.81. The second-order valence-electron chi connectivity index (χ2n) is 7.53. The van der Waals surface area contributed by atoms with E-state index in [1.165, 1.54) is 5.59 Å². The van der Waals surface area contributed by atoms with Crippen LogP contribution >= 0.6 is 0 Å². The molecule has 2 aliphatic rings. The van der Waals surface area contributed by atoms with Crippen LogP contribution in [0.2, 0.25) is 0 Å². The molecule has 0 aliphatic carbocycles. The van der Waals surface area contributed by atoms with Gasteiger partial charge in [-0.05, 0) is 24.3 Å². The van der Waals surface area contributed by atoms with Gasteiger partial charge in [0.1, 0.15) is 25.5 Å². The Morgan fingerprint density at radius 3 is 2.38 bits per heavy atom. The van der Waals surface area contributed by atoms with Crippen molar-refractivity contribution in [2.24, 2.45) is 14.1 Å². The number of fused-ring (bicyclic) bond motifs is 4. The summed E-state index contributed by atoms with van der Waals surface area (Å²) in [6, 6.07) is 18.8. The first kappa shape index (κ1) is 16.3. The molecule has 0 saturated carbocycles. The van der Waals surface area contributed by atoms with Crippen LogP contribution in [-0.2, 0) is 14.1 Å². The summed E-state index contributed by atoms with van der Waals surface area (Å²) in [5.41, 5.74) is 6.89. The Morgan fingerprint density at radius 1 is 0.793 bits per heavy atom. The van der Waals surface area contributed by atoms with E-state index in [1.54, 1.807) is 0 Å². The summed E-state index contributed by atoms with van der Waals surface area (Å²) >= 11 is 0. The van der Waals surface area contributed by atoms with Gasteiger partial charge >= 0.3 is 6.71 Å². The standard InChI is InChI=1S/C23H19BN4O/c1-26-12-6-10-17-22(26)24-21-18(28(17)16-8-4-3-5-9-16)14-25-15-20(21)29-19-11-7-13-27(2)23(19)24/h3-15H,1-2H3/q+2. The van der Waals surface area contributed by atoms with E-state index in [4.69, 9.17) is 4.74 Å². The van der Waals surface area contributed by atoms with Crippen LogP contribution in [0.25, 0.3) is 0 Å². The van der Waals surface area contributed by atoms with Crippen molar-refractivity contribution in [3.05, 3.63) is 79.4 Å². The average molecular weight is 378 g/mol. The zero-order valence-corrected chi connectivity index (χ0v) is 16.3. The Bertz CT molecular complexity index is 1260. The maximum atomic E-state index is 6.32. The predicted octanol–water partition coefficient (Wildman–Crippen LogP) is 1.14. The third kappa shape index (κ3) is 2.20.